The lowest BCUT2D eigenvalue weighted by Gasteiger charge is -2.09. The fraction of sp³-hybridized carbons (Fsp3) is 0.105. The molecular weight excluding hydrogens is 352 g/mol. The largest absolute Gasteiger partial charge is 0.504 e. The van der Waals surface area contributed by atoms with Gasteiger partial charge in [-0.05, 0) is 23.8 Å². The number of H-pyrrole nitrogens is 1. The number of carboxylic acid groups (broad SMARTS) is 1. The van der Waals surface area contributed by atoms with Gasteiger partial charge in [-0.2, -0.15) is 0 Å². The average molecular weight is 368 g/mol. The highest BCUT2D eigenvalue weighted by molar-refractivity contribution is 6.01. The van der Waals surface area contributed by atoms with E-state index in [-0.39, 0.29) is 23.5 Å². The molecule has 1 aromatic heterocycles. The van der Waals surface area contributed by atoms with Crippen LogP contribution in [-0.4, -0.2) is 43.6 Å². The molecule has 0 bridgehead atoms. The Balaban J connectivity index is 1.97. The standard InChI is InChI=1S/C19H16N2O6/c22-15-6-5-10(8-16(15)23)7-14(19(26)27)20-9-13-11-3-1-2-4-12(11)17(24)21-18(13)25/h1-6,8-9,14,22-23H,7H2,(H,26,27)(H2,21,24,25). The van der Waals surface area contributed by atoms with Crippen LogP contribution in [0.3, 0.4) is 0 Å². The Morgan fingerprint density at radius 1 is 1.07 bits per heavy atom. The zero-order valence-electron chi connectivity index (χ0n) is 14.0. The van der Waals surface area contributed by atoms with Crippen molar-refractivity contribution in [2.75, 3.05) is 0 Å². The number of aromatic nitrogens is 1. The highest BCUT2D eigenvalue weighted by Crippen LogP contribution is 2.26. The Morgan fingerprint density at radius 2 is 1.78 bits per heavy atom. The second-order valence-electron chi connectivity index (χ2n) is 5.92. The molecule has 1 heterocycles. The fourth-order valence-electron chi connectivity index (χ4n) is 2.70. The first kappa shape index (κ1) is 18.0. The van der Waals surface area contributed by atoms with Crippen molar-refractivity contribution in [1.29, 1.82) is 0 Å². The monoisotopic (exact) mass is 368 g/mol. The first-order valence-electron chi connectivity index (χ1n) is 7.97. The number of aliphatic carboxylic acids is 1. The van der Waals surface area contributed by atoms with Crippen LogP contribution in [0.2, 0.25) is 0 Å². The Labute approximate surface area is 152 Å². The maximum Gasteiger partial charge on any atom is 0.328 e. The molecule has 0 aliphatic carbocycles. The van der Waals surface area contributed by atoms with Crippen molar-refractivity contribution in [3.05, 3.63) is 63.9 Å². The molecule has 0 saturated heterocycles. The van der Waals surface area contributed by atoms with E-state index in [0.717, 1.165) is 0 Å². The van der Waals surface area contributed by atoms with Gasteiger partial charge >= 0.3 is 5.97 Å². The number of carboxylic acids is 1. The number of hydrogen-bond donors (Lipinski definition) is 5. The number of rotatable bonds is 5. The van der Waals surface area contributed by atoms with Crippen LogP contribution >= 0.6 is 0 Å². The molecule has 0 aliphatic rings. The van der Waals surface area contributed by atoms with Gasteiger partial charge in [0, 0.05) is 23.4 Å². The van der Waals surface area contributed by atoms with Gasteiger partial charge in [-0.15, -0.1) is 0 Å². The van der Waals surface area contributed by atoms with Gasteiger partial charge in [0.1, 0.15) is 0 Å². The molecule has 8 nitrogen and oxygen atoms in total. The zero-order chi connectivity index (χ0) is 19.6. The minimum atomic E-state index is -1.20. The van der Waals surface area contributed by atoms with Crippen LogP contribution in [0.25, 0.3) is 10.8 Å². The number of aliphatic imine (C=N–C) groups is 1. The predicted octanol–water partition coefficient (Wildman–Crippen LogP) is 1.76. The Kier molecular flexibility index (Phi) is 4.80. The Morgan fingerprint density at radius 3 is 2.44 bits per heavy atom. The summed E-state index contributed by atoms with van der Waals surface area (Å²) in [4.78, 5) is 29.8. The van der Waals surface area contributed by atoms with Crippen molar-refractivity contribution in [3.8, 4) is 17.4 Å². The number of benzene rings is 2. The molecule has 0 aliphatic heterocycles. The van der Waals surface area contributed by atoms with E-state index in [1.165, 1.54) is 24.4 Å². The molecule has 5 N–H and O–H groups in total. The van der Waals surface area contributed by atoms with E-state index in [4.69, 9.17) is 0 Å². The molecule has 0 fully saturated rings. The summed E-state index contributed by atoms with van der Waals surface area (Å²) in [6, 6.07) is 9.37. The van der Waals surface area contributed by atoms with Crippen LogP contribution < -0.4 is 5.56 Å². The molecule has 27 heavy (non-hydrogen) atoms. The normalized spacial score (nSPS) is 12.4. The third-order valence-corrected chi connectivity index (χ3v) is 4.09. The average Bonchev–Trinajstić information content (AvgIpc) is 2.63. The van der Waals surface area contributed by atoms with Crippen LogP contribution in [0.4, 0.5) is 0 Å². The van der Waals surface area contributed by atoms with Gasteiger partial charge in [0.05, 0.1) is 5.56 Å². The quantitative estimate of drug-likeness (QED) is 0.343. The summed E-state index contributed by atoms with van der Waals surface area (Å²) in [6.07, 6.45) is 1.16. The van der Waals surface area contributed by atoms with Gasteiger partial charge in [0.25, 0.3) is 5.56 Å². The van der Waals surface area contributed by atoms with Gasteiger partial charge in [-0.25, -0.2) is 4.79 Å². The first-order chi connectivity index (χ1) is 12.9. The molecule has 0 amide bonds. The van der Waals surface area contributed by atoms with E-state index in [9.17, 15) is 30.0 Å². The van der Waals surface area contributed by atoms with E-state index in [0.29, 0.717) is 16.3 Å². The third kappa shape index (κ3) is 3.74. The highest BCUT2D eigenvalue weighted by atomic mass is 16.4. The Hall–Kier alpha value is -3.81. The molecule has 3 rings (SSSR count). The lowest BCUT2D eigenvalue weighted by atomic mass is 10.1. The number of nitrogens with zero attached hydrogens (tertiary/aromatic N) is 1. The maximum atomic E-state index is 11.9. The molecule has 0 saturated carbocycles. The SMILES string of the molecule is O=C(O)C(Cc1ccc(O)c(O)c1)N=Cc1c(O)[nH]c(=O)c2ccccc12. The van der Waals surface area contributed by atoms with Crippen molar-refractivity contribution in [3.63, 3.8) is 0 Å². The van der Waals surface area contributed by atoms with E-state index in [1.807, 2.05) is 0 Å². The molecule has 3 aromatic rings. The van der Waals surface area contributed by atoms with E-state index in [1.54, 1.807) is 24.3 Å². The maximum absolute atomic E-state index is 11.9. The summed E-state index contributed by atoms with van der Waals surface area (Å²) < 4.78 is 0. The second-order valence-corrected chi connectivity index (χ2v) is 5.92. The van der Waals surface area contributed by atoms with Crippen molar-refractivity contribution in [2.24, 2.45) is 4.99 Å². The second kappa shape index (κ2) is 7.20. The summed E-state index contributed by atoms with van der Waals surface area (Å²) in [5, 5.41) is 39.1. The van der Waals surface area contributed by atoms with Gasteiger partial charge < -0.3 is 20.4 Å². The number of carbonyl (C=O) groups is 1. The molecular formula is C19H16N2O6. The third-order valence-electron chi connectivity index (χ3n) is 4.09. The number of pyridine rings is 1. The van der Waals surface area contributed by atoms with Gasteiger partial charge in [-0.1, -0.05) is 24.3 Å². The molecule has 0 spiro atoms. The summed E-state index contributed by atoms with van der Waals surface area (Å²) in [5.41, 5.74) is 0.199. The van der Waals surface area contributed by atoms with Crippen LogP contribution in [-0.2, 0) is 11.2 Å². The Bertz CT molecular complexity index is 1100. The van der Waals surface area contributed by atoms with Crippen molar-refractivity contribution in [1.82, 2.24) is 4.98 Å². The van der Waals surface area contributed by atoms with Gasteiger partial charge in [0.2, 0.25) is 5.88 Å². The van der Waals surface area contributed by atoms with Crippen LogP contribution in [0, 0.1) is 0 Å². The van der Waals surface area contributed by atoms with Crippen LogP contribution in [0.1, 0.15) is 11.1 Å². The number of phenols is 2. The number of hydrogen-bond acceptors (Lipinski definition) is 6. The van der Waals surface area contributed by atoms with E-state index >= 15 is 0 Å². The zero-order valence-corrected chi connectivity index (χ0v) is 14.0. The minimum absolute atomic E-state index is 0.0400. The van der Waals surface area contributed by atoms with E-state index in [2.05, 4.69) is 9.98 Å². The smallest absolute Gasteiger partial charge is 0.328 e. The highest BCUT2D eigenvalue weighted by Gasteiger charge is 2.18. The predicted molar refractivity (Wildman–Crippen MR) is 98.7 cm³/mol. The van der Waals surface area contributed by atoms with E-state index < -0.39 is 23.5 Å². The summed E-state index contributed by atoms with van der Waals surface area (Å²) in [5.74, 6) is -2.27. The van der Waals surface area contributed by atoms with Crippen molar-refractivity contribution < 1.29 is 25.2 Å². The first-order valence-corrected chi connectivity index (χ1v) is 7.97. The fourth-order valence-corrected chi connectivity index (χ4v) is 2.70. The molecule has 0 radical (unpaired) electrons. The molecule has 1 unspecified atom stereocenters. The lowest BCUT2D eigenvalue weighted by molar-refractivity contribution is -0.138. The number of aromatic hydroxyl groups is 3. The van der Waals surface area contributed by atoms with Crippen molar-refractivity contribution >= 4 is 23.0 Å². The summed E-state index contributed by atoms with van der Waals surface area (Å²) in [6.45, 7) is 0. The molecule has 8 heteroatoms. The number of phenolic OH excluding ortho intramolecular Hbond substituents is 2. The lowest BCUT2D eigenvalue weighted by Crippen LogP contribution is -2.21. The minimum Gasteiger partial charge on any atom is -0.504 e. The number of aromatic amines is 1. The topological polar surface area (TPSA) is 143 Å². The number of nitrogens with one attached hydrogen (secondary N) is 1. The number of fused-ring (bicyclic) bond motifs is 1. The van der Waals surface area contributed by atoms with Crippen molar-refractivity contribution in [2.45, 2.75) is 12.5 Å². The molecule has 1 atom stereocenters. The van der Waals surface area contributed by atoms with Crippen LogP contribution in [0.5, 0.6) is 17.4 Å². The molecule has 138 valence electrons. The summed E-state index contributed by atoms with van der Waals surface area (Å²) >= 11 is 0. The molecule has 2 aromatic carbocycles. The summed E-state index contributed by atoms with van der Waals surface area (Å²) in [7, 11) is 0. The van der Waals surface area contributed by atoms with Gasteiger partial charge in [0.15, 0.2) is 17.5 Å². The van der Waals surface area contributed by atoms with Crippen LogP contribution in [0.15, 0.2) is 52.3 Å². The van der Waals surface area contributed by atoms with Gasteiger partial charge in [-0.3, -0.25) is 14.8 Å².